The van der Waals surface area contributed by atoms with Crippen LogP contribution in [0, 0.1) is 92.7 Å². The number of unbranched alkanes of at least 4 members (excludes halogenated alkanes) is 2. The molecule has 6 fully saturated rings. The molecule has 0 saturated heterocycles. The molecule has 8 aliphatic carbocycles. The summed E-state index contributed by atoms with van der Waals surface area (Å²) in [5, 5.41) is 20.3. The van der Waals surface area contributed by atoms with Gasteiger partial charge in [0.25, 0.3) is 15.6 Å². The summed E-state index contributed by atoms with van der Waals surface area (Å²) in [4.78, 5) is 52.9. The minimum absolute atomic E-state index is 0. The highest BCUT2D eigenvalue weighted by Gasteiger charge is 2.61. The van der Waals surface area contributed by atoms with Crippen LogP contribution in [0.4, 0.5) is 0 Å². The predicted octanol–water partition coefficient (Wildman–Crippen LogP) is 11.1. The molecule has 0 aliphatic heterocycles. The molecule has 88 heavy (non-hydrogen) atoms. The molecular weight excluding hydrogens is 1150 g/mol. The average Bonchev–Trinajstić information content (AvgIpc) is 1.35. The van der Waals surface area contributed by atoms with Gasteiger partial charge in [0.05, 0.1) is 19.8 Å². The maximum atomic E-state index is 13.4. The number of rotatable bonds is 38. The largest absolute Gasteiger partial charge is 0.756 e. The van der Waals surface area contributed by atoms with Crippen molar-refractivity contribution in [2.45, 2.75) is 216 Å². The number of carbonyl (C=O) groups excluding carboxylic acids is 2. The standard InChI is InChI=1S/C68H123N8O9P2.CH4/c1-49(57-19-21-59-55-17-15-53-43-51(23-27-65(53,3)61(55)25-29-67(57,59)5)45-63(77)75-41-13-39-73-35-9-7-33-71-37-11-31-69)47-83-86(79,80)85-87(81,82)84-48-50(2)58-20-22-60-56-18-16-54-44-52(24-28-66(54,4)62(56)26-30-68(58,60)6)46-64(78)76-42-14-40-74-36-10-8-34-72-38-12-32-70;/h15-16,49-52,55-62,69,71-74H,7-14,17-48,70H2,1-6H3,(H,75,77)(H,76,78)(H,79,80)(H,81,82);1H4/q-1;/p-1. The van der Waals surface area contributed by atoms with Crippen LogP contribution in [0.3, 0.4) is 0 Å². The highest BCUT2D eigenvalue weighted by molar-refractivity contribution is 7.59. The zero-order valence-electron chi connectivity index (χ0n) is 55.1. The number of hydrogen-bond acceptors (Lipinski definition) is 13. The smallest absolute Gasteiger partial charge is 0.274 e. The van der Waals surface area contributed by atoms with Crippen molar-refractivity contribution in [1.29, 1.82) is 0 Å². The lowest BCUT2D eigenvalue weighted by molar-refractivity contribution is -0.367. The van der Waals surface area contributed by atoms with E-state index in [4.69, 9.17) is 19.1 Å². The average molecular weight is 1270 g/mol. The maximum Gasteiger partial charge on any atom is 0.274 e. The van der Waals surface area contributed by atoms with Gasteiger partial charge in [-0.25, -0.2) is 4.31 Å². The molecule has 0 spiro atoms. The van der Waals surface area contributed by atoms with Crippen molar-refractivity contribution in [3.05, 3.63) is 29.0 Å². The van der Waals surface area contributed by atoms with E-state index in [0.29, 0.717) is 79.8 Å². The summed E-state index contributed by atoms with van der Waals surface area (Å²) in [6, 6.07) is 0. The second-order valence-electron chi connectivity index (χ2n) is 30.3. The van der Waals surface area contributed by atoms with Gasteiger partial charge in [-0.15, -0.1) is 6.54 Å². The van der Waals surface area contributed by atoms with Gasteiger partial charge in [0.15, 0.2) is 0 Å². The van der Waals surface area contributed by atoms with Crippen LogP contribution in [-0.2, 0) is 32.1 Å². The fourth-order valence-electron chi connectivity index (χ4n) is 20.1. The Bertz CT molecular complexity index is 2190. The molecule has 17 nitrogen and oxygen atoms in total. The molecule has 0 aromatic rings. The number of phosphoric acid groups is 2. The summed E-state index contributed by atoms with van der Waals surface area (Å²) in [7, 11) is -10.5. The number of quaternary nitrogens is 1. The van der Waals surface area contributed by atoms with Gasteiger partial charge in [0, 0.05) is 38.9 Å². The Morgan fingerprint density at radius 2 is 0.943 bits per heavy atom. The molecule has 19 heteroatoms. The lowest BCUT2D eigenvalue weighted by Gasteiger charge is -2.58. The summed E-state index contributed by atoms with van der Waals surface area (Å²) in [5.74, 6) is 4.76. The lowest BCUT2D eigenvalue weighted by Crippen LogP contribution is -2.51. The molecule has 8 rings (SSSR count). The molecule has 0 aromatic carbocycles. The Morgan fingerprint density at radius 1 is 0.557 bits per heavy atom. The van der Waals surface area contributed by atoms with Crippen LogP contribution in [0.25, 0.3) is 5.73 Å². The molecule has 2 amide bonds. The first-order valence-corrected chi connectivity index (χ1v) is 38.4. The zero-order valence-corrected chi connectivity index (χ0v) is 56.9. The van der Waals surface area contributed by atoms with Crippen molar-refractivity contribution >= 4 is 27.5 Å². The fourth-order valence-corrected chi connectivity index (χ4v) is 22.3. The van der Waals surface area contributed by atoms with Crippen LogP contribution in [0.1, 0.15) is 216 Å². The number of phosphoric ester groups is 2. The van der Waals surface area contributed by atoms with E-state index in [1.807, 2.05) is 0 Å². The molecule has 0 heterocycles. The summed E-state index contributed by atoms with van der Waals surface area (Å²) in [5.41, 5.74) is 14.6. The molecular formula is C69H126N8O9P2-2. The predicted molar refractivity (Wildman–Crippen MR) is 351 cm³/mol. The first kappa shape index (κ1) is 73.8. The third-order valence-corrected chi connectivity index (χ3v) is 27.4. The Balaban J connectivity index is 0.0000110. The Labute approximate surface area is 533 Å². The van der Waals surface area contributed by atoms with Gasteiger partial charge in [-0.1, -0.05) is 78.7 Å². The molecule has 10 N–H and O–H groups in total. The summed E-state index contributed by atoms with van der Waals surface area (Å²) in [6.45, 7) is 24.4. The third-order valence-electron chi connectivity index (χ3n) is 24.8. The van der Waals surface area contributed by atoms with Crippen LogP contribution < -0.4 is 47.4 Å². The highest BCUT2D eigenvalue weighted by Crippen LogP contribution is 2.70. The van der Waals surface area contributed by atoms with Gasteiger partial charge in [-0.2, -0.15) is 0 Å². The SMILES string of the molecule is C.CC(COP(=O)([O-])OP(=O)([O-])OCC(C)C1CCC2C3CC=C4CC(CC(=O)NCCCNCCCCNCCC[NH3+])CCC4(C)C3CCC12C)C1CCC2C3CC=C4CC(CC(=O)NCCCNCCCCNCCC[NH-])CCC4(C)C3CCC12C. The quantitative estimate of drug-likeness (QED) is 0.0172. The molecule has 18 unspecified atom stereocenters. The molecule has 18 atom stereocenters. The third kappa shape index (κ3) is 18.9. The van der Waals surface area contributed by atoms with Gasteiger partial charge in [0.2, 0.25) is 11.8 Å². The summed E-state index contributed by atoms with van der Waals surface area (Å²) in [6.07, 6.45) is 31.9. The van der Waals surface area contributed by atoms with Crippen molar-refractivity contribution in [3.63, 3.8) is 0 Å². The highest BCUT2D eigenvalue weighted by atomic mass is 31.3. The molecule has 508 valence electrons. The number of amides is 2. The van der Waals surface area contributed by atoms with Crippen molar-refractivity contribution in [3.8, 4) is 0 Å². The van der Waals surface area contributed by atoms with Crippen LogP contribution >= 0.6 is 15.6 Å². The van der Waals surface area contributed by atoms with Crippen molar-refractivity contribution in [2.24, 2.45) is 92.7 Å². The van der Waals surface area contributed by atoms with Crippen molar-refractivity contribution in [2.75, 3.05) is 91.8 Å². The molecule has 6 saturated carbocycles. The van der Waals surface area contributed by atoms with Gasteiger partial charge in [-0.05, 0) is 280 Å². The second kappa shape index (κ2) is 34.2. The molecule has 0 radical (unpaired) electrons. The minimum atomic E-state index is -5.25. The number of fused-ring (bicyclic) bond motifs is 10. The van der Waals surface area contributed by atoms with E-state index in [9.17, 15) is 28.5 Å². The van der Waals surface area contributed by atoms with Gasteiger partial charge >= 0.3 is 0 Å². The fraction of sp³-hybridized carbons (Fsp3) is 0.913. The van der Waals surface area contributed by atoms with Crippen molar-refractivity contribution in [1.82, 2.24) is 31.9 Å². The second-order valence-corrected chi connectivity index (χ2v) is 33.2. The van der Waals surface area contributed by atoms with E-state index in [0.717, 1.165) is 207 Å². The molecule has 0 aromatic heterocycles. The molecule has 0 bridgehead atoms. The van der Waals surface area contributed by atoms with E-state index in [2.05, 4.69) is 91.3 Å². The normalized spacial score (nSPS) is 35.2. The summed E-state index contributed by atoms with van der Waals surface area (Å²) >= 11 is 0. The number of hydrogen-bond donors (Lipinski definition) is 7. The van der Waals surface area contributed by atoms with Crippen LogP contribution in [-0.4, -0.2) is 104 Å². The topological polar surface area (TPSA) is 266 Å². The van der Waals surface area contributed by atoms with E-state index in [1.165, 1.54) is 6.42 Å². The Kier molecular flexibility index (Phi) is 28.7. The number of nitrogens with one attached hydrogen (secondary N) is 7. The Morgan fingerprint density at radius 3 is 1.34 bits per heavy atom. The first-order valence-electron chi connectivity index (χ1n) is 35.5. The number of allylic oxidation sites excluding steroid dienone is 4. The lowest BCUT2D eigenvalue weighted by atomic mass is 9.46. The summed E-state index contributed by atoms with van der Waals surface area (Å²) < 4.78 is 42.4. The monoisotopic (exact) mass is 1270 g/mol. The first-order chi connectivity index (χ1) is 41.7. The van der Waals surface area contributed by atoms with E-state index in [1.54, 1.807) is 11.1 Å². The maximum absolute atomic E-state index is 13.4. The van der Waals surface area contributed by atoms with E-state index in [-0.39, 0.29) is 77.8 Å². The zero-order chi connectivity index (χ0) is 62.3. The van der Waals surface area contributed by atoms with Crippen LogP contribution in [0.5, 0.6) is 0 Å². The van der Waals surface area contributed by atoms with Crippen LogP contribution in [0.15, 0.2) is 23.3 Å². The van der Waals surface area contributed by atoms with Gasteiger partial charge < -0.3 is 62.2 Å². The van der Waals surface area contributed by atoms with Crippen LogP contribution in [0.2, 0.25) is 0 Å². The van der Waals surface area contributed by atoms with Gasteiger partial charge in [0.1, 0.15) is 0 Å². The van der Waals surface area contributed by atoms with E-state index >= 15 is 0 Å². The van der Waals surface area contributed by atoms with Gasteiger partial charge in [-0.3, -0.25) is 18.7 Å². The molecule has 8 aliphatic rings. The van der Waals surface area contributed by atoms with E-state index < -0.39 is 15.6 Å². The minimum Gasteiger partial charge on any atom is -0.756 e. The van der Waals surface area contributed by atoms with Crippen molar-refractivity contribution < 1.29 is 47.6 Å². The number of carbonyl (C=O) groups is 2. The Hall–Kier alpha value is -1.56.